The van der Waals surface area contributed by atoms with Crippen molar-refractivity contribution in [2.45, 2.75) is 84.8 Å². The number of carboxylic acids is 1. The first-order chi connectivity index (χ1) is 28.4. The van der Waals surface area contributed by atoms with Gasteiger partial charge >= 0.3 is 24.2 Å². The van der Waals surface area contributed by atoms with Gasteiger partial charge in [0, 0.05) is 29.5 Å². The number of amides is 3. The molecule has 5 aromatic rings. The van der Waals surface area contributed by atoms with Crippen LogP contribution in [0.2, 0.25) is 0 Å². The van der Waals surface area contributed by atoms with E-state index < -0.39 is 47.7 Å². The Labute approximate surface area is 348 Å². The summed E-state index contributed by atoms with van der Waals surface area (Å²) < 4.78 is 22.0. The number of carboxylic acid groups (broad SMARTS) is 1. The predicted octanol–water partition coefficient (Wildman–Crippen LogP) is 8.52. The first-order valence-corrected chi connectivity index (χ1v) is 19.2. The van der Waals surface area contributed by atoms with Crippen LogP contribution in [-0.4, -0.2) is 63.5 Å². The molecule has 2 atom stereocenters. The summed E-state index contributed by atoms with van der Waals surface area (Å²) in [6.45, 7) is 10.6. The number of aliphatic hydroxyl groups is 1. The molecular formula is C45H51N5O10. The Hall–Kier alpha value is -6.71. The molecule has 0 bridgehead atoms. The van der Waals surface area contributed by atoms with Crippen molar-refractivity contribution in [2.75, 3.05) is 22.1 Å². The first-order valence-electron chi connectivity index (χ1n) is 19.2. The SMILES string of the molecule is CC(C)(C)OC(=O)N(C(=O)OC(C)(C)C)c1nccc2cc(NC(C(=O)O)c3ccc(COCC(O)Nc4cccc(CNC(=O)OCc5ccccc5)c4)cc3)ccc12. The molecule has 5 N–H and O–H groups in total. The number of fused-ring (bicyclic) bond motifs is 1. The minimum atomic E-state index is -1.13. The second-order valence-electron chi connectivity index (χ2n) is 15.8. The number of carbonyl (C=O) groups excluding carboxylic acids is 3. The van der Waals surface area contributed by atoms with Crippen molar-refractivity contribution in [3.63, 3.8) is 0 Å². The molecule has 0 fully saturated rings. The van der Waals surface area contributed by atoms with Crippen LogP contribution < -0.4 is 20.9 Å². The third-order valence-electron chi connectivity index (χ3n) is 8.43. The molecule has 1 aromatic heterocycles. The number of aromatic nitrogens is 1. The minimum Gasteiger partial charge on any atom is -0.479 e. The summed E-state index contributed by atoms with van der Waals surface area (Å²) in [7, 11) is 0. The van der Waals surface area contributed by atoms with Crippen LogP contribution in [0, 0.1) is 0 Å². The lowest BCUT2D eigenvalue weighted by molar-refractivity contribution is -0.138. The topological polar surface area (TPSA) is 198 Å². The molecule has 316 valence electrons. The number of hydrogen-bond donors (Lipinski definition) is 5. The third kappa shape index (κ3) is 13.4. The van der Waals surface area contributed by atoms with Crippen LogP contribution >= 0.6 is 0 Å². The van der Waals surface area contributed by atoms with Gasteiger partial charge in [-0.25, -0.2) is 24.2 Å². The maximum atomic E-state index is 13.3. The zero-order valence-corrected chi connectivity index (χ0v) is 34.4. The van der Waals surface area contributed by atoms with Crippen molar-refractivity contribution in [1.29, 1.82) is 0 Å². The van der Waals surface area contributed by atoms with Crippen LogP contribution in [0.1, 0.15) is 69.8 Å². The molecular weight excluding hydrogens is 771 g/mol. The Kier molecular flexibility index (Phi) is 14.7. The minimum absolute atomic E-state index is 0.00363. The average Bonchev–Trinajstić information content (AvgIpc) is 3.18. The van der Waals surface area contributed by atoms with E-state index in [2.05, 4.69) is 20.9 Å². The number of aliphatic hydroxyl groups excluding tert-OH is 1. The van der Waals surface area contributed by atoms with Crippen LogP contribution in [0.15, 0.2) is 109 Å². The van der Waals surface area contributed by atoms with Gasteiger partial charge in [-0.3, -0.25) is 0 Å². The van der Waals surface area contributed by atoms with E-state index in [4.69, 9.17) is 18.9 Å². The molecule has 15 heteroatoms. The molecule has 4 aromatic carbocycles. The first kappa shape index (κ1) is 44.4. The quantitative estimate of drug-likeness (QED) is 0.0498. The second kappa shape index (κ2) is 19.8. The molecule has 3 amide bonds. The summed E-state index contributed by atoms with van der Waals surface area (Å²) >= 11 is 0. The maximum absolute atomic E-state index is 13.3. The van der Waals surface area contributed by atoms with Crippen LogP contribution in [0.25, 0.3) is 10.8 Å². The number of imide groups is 1. The highest BCUT2D eigenvalue weighted by atomic mass is 16.6. The van der Waals surface area contributed by atoms with E-state index in [1.807, 2.05) is 36.4 Å². The van der Waals surface area contributed by atoms with Gasteiger partial charge in [0.05, 0.1) is 13.2 Å². The Balaban J connectivity index is 1.16. The molecule has 2 unspecified atom stereocenters. The number of pyridine rings is 1. The van der Waals surface area contributed by atoms with Gasteiger partial charge in [0.2, 0.25) is 0 Å². The van der Waals surface area contributed by atoms with E-state index in [1.165, 1.54) is 6.20 Å². The van der Waals surface area contributed by atoms with E-state index in [1.54, 1.807) is 108 Å². The van der Waals surface area contributed by atoms with Crippen molar-refractivity contribution < 1.29 is 48.3 Å². The summed E-state index contributed by atoms with van der Waals surface area (Å²) in [5.74, 6) is -1.12. The zero-order valence-electron chi connectivity index (χ0n) is 34.4. The van der Waals surface area contributed by atoms with Crippen LogP contribution in [-0.2, 0) is 43.5 Å². The van der Waals surface area contributed by atoms with Gasteiger partial charge in [-0.15, -0.1) is 0 Å². The second-order valence-corrected chi connectivity index (χ2v) is 15.8. The van der Waals surface area contributed by atoms with E-state index in [9.17, 15) is 29.4 Å². The number of ether oxygens (including phenoxy) is 4. The van der Waals surface area contributed by atoms with Gasteiger partial charge in [-0.2, -0.15) is 4.90 Å². The van der Waals surface area contributed by atoms with Gasteiger partial charge in [-0.05, 0) is 106 Å². The highest BCUT2D eigenvalue weighted by Gasteiger charge is 2.34. The third-order valence-corrected chi connectivity index (χ3v) is 8.43. The Morgan fingerprint density at radius 2 is 1.35 bits per heavy atom. The highest BCUT2D eigenvalue weighted by molar-refractivity contribution is 6.14. The van der Waals surface area contributed by atoms with Crippen molar-refractivity contribution in [1.82, 2.24) is 10.3 Å². The molecule has 0 radical (unpaired) electrons. The van der Waals surface area contributed by atoms with E-state index in [0.717, 1.165) is 21.6 Å². The molecule has 15 nitrogen and oxygen atoms in total. The van der Waals surface area contributed by atoms with E-state index in [-0.39, 0.29) is 32.2 Å². The van der Waals surface area contributed by atoms with Crippen LogP contribution in [0.4, 0.5) is 31.6 Å². The normalized spacial score (nSPS) is 12.4. The number of rotatable bonds is 15. The Morgan fingerprint density at radius 3 is 2.00 bits per heavy atom. The number of anilines is 3. The van der Waals surface area contributed by atoms with Crippen molar-refractivity contribution >= 4 is 52.2 Å². The lowest BCUT2D eigenvalue weighted by Gasteiger charge is -2.28. The number of carbonyl (C=O) groups is 4. The monoisotopic (exact) mass is 821 g/mol. The molecule has 0 aliphatic heterocycles. The molecule has 0 aliphatic rings. The van der Waals surface area contributed by atoms with Gasteiger partial charge in [0.1, 0.15) is 24.0 Å². The van der Waals surface area contributed by atoms with E-state index in [0.29, 0.717) is 27.7 Å². The molecule has 1 heterocycles. The molecule has 0 spiro atoms. The molecule has 0 saturated carbocycles. The smallest absolute Gasteiger partial charge is 0.425 e. The summed E-state index contributed by atoms with van der Waals surface area (Å²) in [6.07, 6.45) is -2.06. The summed E-state index contributed by atoms with van der Waals surface area (Å²) in [4.78, 5) is 56.3. The average molecular weight is 822 g/mol. The molecule has 5 rings (SSSR count). The number of alkyl carbamates (subject to hydrolysis) is 1. The summed E-state index contributed by atoms with van der Waals surface area (Å²) in [6, 6.07) is 28.9. The van der Waals surface area contributed by atoms with Crippen molar-refractivity contribution in [3.8, 4) is 0 Å². The lowest BCUT2D eigenvalue weighted by Crippen LogP contribution is -2.44. The number of hydrogen-bond acceptors (Lipinski definition) is 12. The fourth-order valence-electron chi connectivity index (χ4n) is 5.80. The zero-order chi connectivity index (χ0) is 43.5. The number of aliphatic carboxylic acids is 1. The van der Waals surface area contributed by atoms with Gasteiger partial charge in [0.25, 0.3) is 0 Å². The molecule has 60 heavy (non-hydrogen) atoms. The van der Waals surface area contributed by atoms with E-state index >= 15 is 0 Å². The lowest BCUT2D eigenvalue weighted by atomic mass is 10.0. The predicted molar refractivity (Wildman–Crippen MR) is 226 cm³/mol. The summed E-state index contributed by atoms with van der Waals surface area (Å²) in [5.41, 5.74) is 2.19. The molecule has 0 saturated heterocycles. The highest BCUT2D eigenvalue weighted by Crippen LogP contribution is 2.31. The fraction of sp³-hybridized carbons (Fsp3) is 0.311. The Bertz CT molecular complexity index is 2230. The summed E-state index contributed by atoms with van der Waals surface area (Å²) in [5, 5.41) is 30.5. The van der Waals surface area contributed by atoms with Crippen LogP contribution in [0.3, 0.4) is 0 Å². The van der Waals surface area contributed by atoms with Crippen molar-refractivity contribution in [3.05, 3.63) is 132 Å². The largest absolute Gasteiger partial charge is 0.479 e. The van der Waals surface area contributed by atoms with Crippen molar-refractivity contribution in [2.24, 2.45) is 0 Å². The fourth-order valence-corrected chi connectivity index (χ4v) is 5.80. The number of nitrogens with zero attached hydrogens (tertiary/aromatic N) is 2. The molecule has 0 aliphatic carbocycles. The van der Waals surface area contributed by atoms with Crippen LogP contribution in [0.5, 0.6) is 0 Å². The van der Waals surface area contributed by atoms with Gasteiger partial charge < -0.3 is 45.1 Å². The number of benzene rings is 4. The number of nitrogens with one attached hydrogen (secondary N) is 3. The van der Waals surface area contributed by atoms with Gasteiger partial charge in [-0.1, -0.05) is 66.7 Å². The van der Waals surface area contributed by atoms with Gasteiger partial charge in [0.15, 0.2) is 11.9 Å². The maximum Gasteiger partial charge on any atom is 0.425 e. The Morgan fingerprint density at radius 1 is 0.717 bits per heavy atom. The standard InChI is InChI=1S/C45H51N5O10/c1-44(2,3)59-42(55)50(43(56)60-45(4,5)6)39-36-20-19-35(24-33(36)21-22-46-39)49-38(40(52)53)32-17-15-30(16-18-32)26-57-28-37(51)48-34-14-10-13-31(23-34)25-47-41(54)58-27-29-11-8-7-9-12-29/h7-24,37-38,48-49,51H,25-28H2,1-6H3,(H,47,54)(H,52,53).